The van der Waals surface area contributed by atoms with Crippen molar-refractivity contribution < 1.29 is 0 Å². The maximum Gasteiger partial charge on any atom is 0.0843 e. The summed E-state index contributed by atoms with van der Waals surface area (Å²) in [5.41, 5.74) is 6.09. The van der Waals surface area contributed by atoms with Crippen LogP contribution in [0.1, 0.15) is 30.2 Å². The number of hydrogen-bond acceptors (Lipinski definition) is 2. The van der Waals surface area contributed by atoms with Crippen molar-refractivity contribution in [3.63, 3.8) is 0 Å². The van der Waals surface area contributed by atoms with E-state index in [1.54, 1.807) is 11.3 Å². The minimum Gasteiger partial charge on any atom is -0.323 e. The molecule has 2 rings (SSSR count). The first-order valence-corrected chi connectivity index (χ1v) is 6.77. The zero-order valence-electron chi connectivity index (χ0n) is 7.09. The summed E-state index contributed by atoms with van der Waals surface area (Å²) in [4.78, 5) is 1.28. The average molecular weight is 325 g/mol. The van der Waals surface area contributed by atoms with Crippen LogP contribution in [0, 0.1) is 5.92 Å². The summed E-state index contributed by atoms with van der Waals surface area (Å²) in [7, 11) is 0. The second-order valence-corrected chi connectivity index (χ2v) is 6.81. The van der Waals surface area contributed by atoms with E-state index in [1.807, 2.05) is 0 Å². The molecule has 13 heavy (non-hydrogen) atoms. The monoisotopic (exact) mass is 323 g/mol. The summed E-state index contributed by atoms with van der Waals surface area (Å²) in [6, 6.07) is 2.36. The van der Waals surface area contributed by atoms with Crippen LogP contribution < -0.4 is 5.73 Å². The molecule has 1 aliphatic carbocycles. The fourth-order valence-electron chi connectivity index (χ4n) is 1.37. The number of thiophene rings is 1. The third-order valence-corrected chi connectivity index (χ3v) is 5.70. The Morgan fingerprint density at radius 3 is 2.69 bits per heavy atom. The van der Waals surface area contributed by atoms with Crippen LogP contribution >= 0.6 is 43.2 Å². The lowest BCUT2D eigenvalue weighted by molar-refractivity contribution is 0.605. The lowest BCUT2D eigenvalue weighted by Gasteiger charge is -2.06. The Bertz CT molecular complexity index is 287. The van der Waals surface area contributed by atoms with Crippen LogP contribution in [0.15, 0.2) is 14.3 Å². The minimum absolute atomic E-state index is 0.236. The Labute approximate surface area is 99.0 Å². The molecule has 1 atom stereocenters. The normalized spacial score (nSPS) is 19.0. The standard InChI is InChI=1S/C9H11Br2NS/c10-6-4-8(13-9(6)11)7(12)3-5-1-2-5/h4-5,7H,1-3,12H2/t7-/m1/s1. The van der Waals surface area contributed by atoms with Gasteiger partial charge in [0, 0.05) is 15.4 Å². The first-order valence-electron chi connectivity index (χ1n) is 4.37. The third-order valence-electron chi connectivity index (χ3n) is 2.31. The lowest BCUT2D eigenvalue weighted by Crippen LogP contribution is -2.08. The summed E-state index contributed by atoms with van der Waals surface area (Å²) in [6.07, 6.45) is 3.90. The molecule has 2 N–H and O–H groups in total. The predicted molar refractivity (Wildman–Crippen MR) is 64.0 cm³/mol. The van der Waals surface area contributed by atoms with Crippen LogP contribution in [-0.4, -0.2) is 0 Å². The quantitative estimate of drug-likeness (QED) is 0.891. The molecule has 1 aromatic heterocycles. The maximum atomic E-state index is 6.09. The van der Waals surface area contributed by atoms with E-state index in [0.717, 1.165) is 20.6 Å². The molecule has 1 fully saturated rings. The Morgan fingerprint density at radius 2 is 2.23 bits per heavy atom. The van der Waals surface area contributed by atoms with Crippen LogP contribution in [0.5, 0.6) is 0 Å². The Balaban J connectivity index is 2.05. The van der Waals surface area contributed by atoms with E-state index in [4.69, 9.17) is 5.73 Å². The molecule has 72 valence electrons. The first kappa shape index (κ1) is 10.1. The smallest absolute Gasteiger partial charge is 0.0843 e. The van der Waals surface area contributed by atoms with Gasteiger partial charge in [0.25, 0.3) is 0 Å². The molecule has 1 heterocycles. The Hall–Kier alpha value is 0.620. The molecule has 0 aliphatic heterocycles. The van der Waals surface area contributed by atoms with Crippen molar-refractivity contribution in [3.8, 4) is 0 Å². The van der Waals surface area contributed by atoms with E-state index >= 15 is 0 Å². The third kappa shape index (κ3) is 2.55. The van der Waals surface area contributed by atoms with Crippen LogP contribution in [0.25, 0.3) is 0 Å². The van der Waals surface area contributed by atoms with Gasteiger partial charge >= 0.3 is 0 Å². The van der Waals surface area contributed by atoms with Gasteiger partial charge in [-0.05, 0) is 50.3 Å². The number of rotatable bonds is 3. The van der Waals surface area contributed by atoms with Crippen LogP contribution in [-0.2, 0) is 0 Å². The van der Waals surface area contributed by atoms with Crippen molar-refractivity contribution in [3.05, 3.63) is 19.2 Å². The summed E-state index contributed by atoms with van der Waals surface area (Å²) in [5.74, 6) is 0.898. The molecule has 0 bridgehead atoms. The molecule has 0 spiro atoms. The summed E-state index contributed by atoms with van der Waals surface area (Å²) >= 11 is 8.69. The van der Waals surface area contributed by atoms with Gasteiger partial charge in [0.1, 0.15) is 0 Å². The Kier molecular flexibility index (Phi) is 3.13. The van der Waals surface area contributed by atoms with Gasteiger partial charge in [-0.25, -0.2) is 0 Å². The molecule has 1 aromatic rings. The van der Waals surface area contributed by atoms with Crippen molar-refractivity contribution in [2.24, 2.45) is 11.7 Å². The number of nitrogens with two attached hydrogens (primary N) is 1. The number of halogens is 2. The highest BCUT2D eigenvalue weighted by molar-refractivity contribution is 9.13. The van der Waals surface area contributed by atoms with E-state index in [-0.39, 0.29) is 6.04 Å². The van der Waals surface area contributed by atoms with Crippen LogP contribution in [0.3, 0.4) is 0 Å². The molecule has 1 aliphatic rings. The van der Waals surface area contributed by atoms with Crippen molar-refractivity contribution in [2.45, 2.75) is 25.3 Å². The zero-order valence-corrected chi connectivity index (χ0v) is 11.1. The van der Waals surface area contributed by atoms with Crippen molar-refractivity contribution >= 4 is 43.2 Å². The summed E-state index contributed by atoms with van der Waals surface area (Å²) in [6.45, 7) is 0. The van der Waals surface area contributed by atoms with Gasteiger partial charge in [-0.1, -0.05) is 12.8 Å². The van der Waals surface area contributed by atoms with E-state index in [0.29, 0.717) is 0 Å². The van der Waals surface area contributed by atoms with Gasteiger partial charge in [-0.2, -0.15) is 0 Å². The molecule has 0 radical (unpaired) electrons. The van der Waals surface area contributed by atoms with Crippen LogP contribution in [0.2, 0.25) is 0 Å². The van der Waals surface area contributed by atoms with Gasteiger partial charge in [-0.3, -0.25) is 0 Å². The van der Waals surface area contributed by atoms with Gasteiger partial charge in [0.15, 0.2) is 0 Å². The predicted octanol–water partition coefficient (Wildman–Crippen LogP) is 4.07. The summed E-state index contributed by atoms with van der Waals surface area (Å²) in [5, 5.41) is 0. The second-order valence-electron chi connectivity index (χ2n) is 3.56. The fourth-order valence-corrected chi connectivity index (χ4v) is 3.48. The van der Waals surface area contributed by atoms with E-state index in [2.05, 4.69) is 37.9 Å². The molecule has 0 unspecified atom stereocenters. The molecule has 1 nitrogen and oxygen atoms in total. The molecular formula is C9H11Br2NS. The molecule has 0 amide bonds. The van der Waals surface area contributed by atoms with Crippen molar-refractivity contribution in [1.29, 1.82) is 0 Å². The molecule has 4 heteroatoms. The topological polar surface area (TPSA) is 26.0 Å². The van der Waals surface area contributed by atoms with Crippen molar-refractivity contribution in [2.75, 3.05) is 0 Å². The number of hydrogen-bond donors (Lipinski definition) is 1. The average Bonchev–Trinajstić information content (AvgIpc) is 2.81. The van der Waals surface area contributed by atoms with Gasteiger partial charge in [0.2, 0.25) is 0 Å². The SMILES string of the molecule is N[C@H](CC1CC1)c1cc(Br)c(Br)s1. The minimum atomic E-state index is 0.236. The highest BCUT2D eigenvalue weighted by atomic mass is 79.9. The maximum absolute atomic E-state index is 6.09. The Morgan fingerprint density at radius 1 is 1.54 bits per heavy atom. The largest absolute Gasteiger partial charge is 0.323 e. The second kappa shape index (κ2) is 4.01. The first-order chi connectivity index (χ1) is 6.16. The fraction of sp³-hybridized carbons (Fsp3) is 0.556. The van der Waals surface area contributed by atoms with Gasteiger partial charge in [0.05, 0.1) is 3.79 Å². The highest BCUT2D eigenvalue weighted by Gasteiger charge is 2.25. The lowest BCUT2D eigenvalue weighted by atomic mass is 10.1. The van der Waals surface area contributed by atoms with Crippen LogP contribution in [0.4, 0.5) is 0 Å². The highest BCUT2D eigenvalue weighted by Crippen LogP contribution is 2.41. The van der Waals surface area contributed by atoms with E-state index < -0.39 is 0 Å². The van der Waals surface area contributed by atoms with E-state index in [9.17, 15) is 0 Å². The van der Waals surface area contributed by atoms with E-state index in [1.165, 1.54) is 17.7 Å². The molecule has 0 aromatic carbocycles. The van der Waals surface area contributed by atoms with Gasteiger partial charge < -0.3 is 5.73 Å². The summed E-state index contributed by atoms with van der Waals surface area (Å²) < 4.78 is 2.27. The van der Waals surface area contributed by atoms with Crippen molar-refractivity contribution in [1.82, 2.24) is 0 Å². The van der Waals surface area contributed by atoms with Gasteiger partial charge in [-0.15, -0.1) is 11.3 Å². The zero-order chi connectivity index (χ0) is 9.42. The molecular weight excluding hydrogens is 314 g/mol. The molecule has 1 saturated carbocycles. The molecule has 0 saturated heterocycles.